The van der Waals surface area contributed by atoms with Crippen molar-refractivity contribution in [2.45, 2.75) is 37.8 Å². The second kappa shape index (κ2) is 10.0. The number of carbonyl (C=O) groups is 1. The van der Waals surface area contributed by atoms with Crippen LogP contribution in [-0.2, 0) is 0 Å². The molecule has 0 radical (unpaired) electrons. The number of thiophene rings is 1. The van der Waals surface area contributed by atoms with Gasteiger partial charge in [0.25, 0.3) is 5.91 Å². The Balaban J connectivity index is 1.26. The van der Waals surface area contributed by atoms with Gasteiger partial charge >= 0.3 is 0 Å². The predicted octanol–water partition coefficient (Wildman–Crippen LogP) is 4.99. The highest BCUT2D eigenvalue weighted by Crippen LogP contribution is 2.31. The Morgan fingerprint density at radius 3 is 2.86 bits per heavy atom. The molecule has 5 heterocycles. The number of anilines is 2. The molecule has 1 aliphatic carbocycles. The Morgan fingerprint density at radius 1 is 1.16 bits per heavy atom. The van der Waals surface area contributed by atoms with Gasteiger partial charge in [-0.1, -0.05) is 17.7 Å². The fourth-order valence-corrected chi connectivity index (χ4v) is 5.91. The highest BCUT2D eigenvalue weighted by Gasteiger charge is 2.25. The molecule has 2 atom stereocenters. The number of H-pyrrole nitrogens is 1. The van der Waals surface area contributed by atoms with Gasteiger partial charge in [-0.2, -0.15) is 0 Å². The van der Waals surface area contributed by atoms with Crippen LogP contribution in [0.25, 0.3) is 33.1 Å². The first-order valence-corrected chi connectivity index (χ1v) is 13.9. The lowest BCUT2D eigenvalue weighted by Crippen LogP contribution is -2.42. The third-order valence-electron chi connectivity index (χ3n) is 6.21. The minimum atomic E-state index is -0.193. The molecule has 0 aromatic carbocycles. The van der Waals surface area contributed by atoms with Crippen LogP contribution in [0.1, 0.15) is 36.2 Å². The number of nitrogens with one attached hydrogen (secondary N) is 3. The number of aromatic nitrogens is 6. The zero-order valence-corrected chi connectivity index (χ0v) is 21.8. The van der Waals surface area contributed by atoms with Gasteiger partial charge in [0.1, 0.15) is 22.2 Å². The lowest BCUT2D eigenvalue weighted by Gasteiger charge is -2.30. The molecule has 0 saturated heterocycles. The van der Waals surface area contributed by atoms with E-state index in [0.717, 1.165) is 41.8 Å². The first-order valence-electron chi connectivity index (χ1n) is 11.7. The molecule has 5 aromatic rings. The van der Waals surface area contributed by atoms with Gasteiger partial charge in [0, 0.05) is 29.7 Å². The Bertz CT molecular complexity index is 1570. The Hall–Kier alpha value is -3.61. The van der Waals surface area contributed by atoms with E-state index in [1.54, 1.807) is 22.9 Å². The smallest absolute Gasteiger partial charge is 0.271 e. The number of fused-ring (bicyclic) bond motifs is 1. The van der Waals surface area contributed by atoms with Gasteiger partial charge in [-0.3, -0.25) is 4.79 Å². The summed E-state index contributed by atoms with van der Waals surface area (Å²) in [7, 11) is 0. The SMILES string of the molecule is Nc1nc(C(=O)NC2CCCC(Nc3cc(-c4cccs4)nc(-c4c[nH]c5ncc(Cl)nc45)n3)C2)cs1. The first-order chi connectivity index (χ1) is 18.0. The number of nitrogens with two attached hydrogens (primary N) is 1. The van der Waals surface area contributed by atoms with Gasteiger partial charge < -0.3 is 21.4 Å². The third kappa shape index (κ3) is 5.13. The van der Waals surface area contributed by atoms with Gasteiger partial charge in [0.15, 0.2) is 16.6 Å². The summed E-state index contributed by atoms with van der Waals surface area (Å²) in [6, 6.07) is 6.16. The molecular formula is C24H22ClN9OS2. The zero-order valence-electron chi connectivity index (χ0n) is 19.4. The number of rotatable bonds is 6. The molecule has 0 aliphatic heterocycles. The Kier molecular flexibility index (Phi) is 6.45. The van der Waals surface area contributed by atoms with Crippen molar-refractivity contribution in [3.8, 4) is 22.0 Å². The summed E-state index contributed by atoms with van der Waals surface area (Å²) in [6.07, 6.45) is 6.93. The summed E-state index contributed by atoms with van der Waals surface area (Å²) in [5, 5.41) is 11.1. The third-order valence-corrected chi connectivity index (χ3v) is 7.96. The average molecular weight is 552 g/mol. The molecule has 1 fully saturated rings. The lowest BCUT2D eigenvalue weighted by molar-refractivity contribution is 0.0922. The van der Waals surface area contributed by atoms with E-state index in [9.17, 15) is 4.79 Å². The van der Waals surface area contributed by atoms with Crippen molar-refractivity contribution in [3.63, 3.8) is 0 Å². The number of aromatic amines is 1. The van der Waals surface area contributed by atoms with Gasteiger partial charge in [0.05, 0.1) is 22.3 Å². The first kappa shape index (κ1) is 23.8. The van der Waals surface area contributed by atoms with Crippen molar-refractivity contribution in [3.05, 3.63) is 52.2 Å². The van der Waals surface area contributed by atoms with E-state index in [1.807, 2.05) is 23.6 Å². The fourth-order valence-electron chi connectivity index (χ4n) is 4.54. The second-order valence-corrected chi connectivity index (χ2v) is 11.0. The topological polar surface area (TPSA) is 147 Å². The predicted molar refractivity (Wildman–Crippen MR) is 147 cm³/mol. The van der Waals surface area contributed by atoms with Crippen molar-refractivity contribution < 1.29 is 4.79 Å². The molecule has 5 aromatic heterocycles. The van der Waals surface area contributed by atoms with E-state index >= 15 is 0 Å². The maximum absolute atomic E-state index is 12.6. The van der Waals surface area contributed by atoms with Crippen LogP contribution in [0.15, 0.2) is 41.4 Å². The minimum absolute atomic E-state index is 0.0331. The minimum Gasteiger partial charge on any atom is -0.375 e. The van der Waals surface area contributed by atoms with Gasteiger partial charge in [-0.15, -0.1) is 22.7 Å². The fraction of sp³-hybridized carbons (Fsp3) is 0.250. The van der Waals surface area contributed by atoms with Crippen molar-refractivity contribution in [2.24, 2.45) is 0 Å². The van der Waals surface area contributed by atoms with Crippen LogP contribution in [0, 0.1) is 0 Å². The van der Waals surface area contributed by atoms with E-state index in [-0.39, 0.29) is 18.0 Å². The Morgan fingerprint density at radius 2 is 2.05 bits per heavy atom. The van der Waals surface area contributed by atoms with Crippen LogP contribution in [0.3, 0.4) is 0 Å². The van der Waals surface area contributed by atoms with E-state index in [1.165, 1.54) is 17.5 Å². The summed E-state index contributed by atoms with van der Waals surface area (Å²) < 4.78 is 0. The van der Waals surface area contributed by atoms with Crippen molar-refractivity contribution >= 4 is 62.3 Å². The number of nitrogens with zero attached hydrogens (tertiary/aromatic N) is 5. The van der Waals surface area contributed by atoms with Crippen molar-refractivity contribution in [2.75, 3.05) is 11.1 Å². The van der Waals surface area contributed by atoms with E-state index in [4.69, 9.17) is 27.3 Å². The summed E-state index contributed by atoms with van der Waals surface area (Å²) in [5.74, 6) is 1.04. The van der Waals surface area contributed by atoms with Crippen LogP contribution in [0.4, 0.5) is 10.9 Å². The highest BCUT2D eigenvalue weighted by atomic mass is 35.5. The average Bonchev–Trinajstić information content (AvgIpc) is 3.65. The van der Waals surface area contributed by atoms with Crippen LogP contribution in [-0.4, -0.2) is 47.9 Å². The molecule has 0 spiro atoms. The zero-order chi connectivity index (χ0) is 25.4. The van der Waals surface area contributed by atoms with Crippen LogP contribution < -0.4 is 16.4 Å². The summed E-state index contributed by atoms with van der Waals surface area (Å²) in [4.78, 5) is 39.3. The molecule has 188 valence electrons. The maximum atomic E-state index is 12.6. The molecule has 1 saturated carbocycles. The van der Waals surface area contributed by atoms with E-state index in [2.05, 4.69) is 30.6 Å². The molecule has 1 aliphatic rings. The summed E-state index contributed by atoms with van der Waals surface area (Å²) in [6.45, 7) is 0. The van der Waals surface area contributed by atoms with Crippen molar-refractivity contribution in [1.29, 1.82) is 0 Å². The van der Waals surface area contributed by atoms with E-state index in [0.29, 0.717) is 38.8 Å². The number of amides is 1. The van der Waals surface area contributed by atoms with Crippen LogP contribution in [0.2, 0.25) is 5.15 Å². The normalized spacial score (nSPS) is 17.6. The summed E-state index contributed by atoms with van der Waals surface area (Å²) >= 11 is 8.99. The Labute approximate surface area is 224 Å². The van der Waals surface area contributed by atoms with Crippen LogP contribution in [0.5, 0.6) is 0 Å². The van der Waals surface area contributed by atoms with Gasteiger partial charge in [-0.25, -0.2) is 24.9 Å². The van der Waals surface area contributed by atoms with Crippen LogP contribution >= 0.6 is 34.3 Å². The molecule has 13 heteroatoms. The molecule has 5 N–H and O–H groups in total. The molecule has 37 heavy (non-hydrogen) atoms. The van der Waals surface area contributed by atoms with Crippen molar-refractivity contribution in [1.82, 2.24) is 35.2 Å². The van der Waals surface area contributed by atoms with Gasteiger partial charge in [-0.05, 0) is 37.1 Å². The van der Waals surface area contributed by atoms with E-state index < -0.39 is 0 Å². The maximum Gasteiger partial charge on any atom is 0.271 e. The highest BCUT2D eigenvalue weighted by molar-refractivity contribution is 7.13. The summed E-state index contributed by atoms with van der Waals surface area (Å²) in [5.41, 5.74) is 8.81. The number of halogens is 1. The molecule has 10 nitrogen and oxygen atoms in total. The number of hydrogen-bond donors (Lipinski definition) is 4. The van der Waals surface area contributed by atoms with Gasteiger partial charge in [0.2, 0.25) is 0 Å². The largest absolute Gasteiger partial charge is 0.375 e. The molecule has 6 rings (SSSR count). The molecule has 1 amide bonds. The molecule has 2 unspecified atom stereocenters. The number of carbonyl (C=O) groups excluding carboxylic acids is 1. The second-order valence-electron chi connectivity index (χ2n) is 8.78. The lowest BCUT2D eigenvalue weighted by atomic mass is 9.91. The number of hydrogen-bond acceptors (Lipinski definition) is 10. The molecular weight excluding hydrogens is 530 g/mol. The standard InChI is InChI=1S/C24H22ClN9OS2/c25-18-10-28-22-20(33-18)14(9-27-22)21-31-15(17-5-2-6-36-17)8-19(34-21)29-12-3-1-4-13(7-12)30-23(35)16-11-37-24(26)32-16/h2,5-6,8-13H,1,3-4,7H2,(H2,26,32)(H,27,28)(H,30,35)(H,29,31,34). The quantitative estimate of drug-likeness (QED) is 0.231. The number of thiazole rings is 1. The monoisotopic (exact) mass is 551 g/mol. The number of nitrogen functional groups attached to an aromatic ring is 1. The molecule has 0 bridgehead atoms.